The summed E-state index contributed by atoms with van der Waals surface area (Å²) >= 11 is 0. The number of hydrogen-bond acceptors (Lipinski definition) is 3. The molecule has 76 valence electrons. The minimum atomic E-state index is -3.16. The maximum Gasteiger partial charge on any atom is 0.410 e. The third-order valence-electron chi connectivity index (χ3n) is 1.07. The summed E-state index contributed by atoms with van der Waals surface area (Å²) < 4.78 is 65.9. The first kappa shape index (κ1) is 3.77. The molecule has 0 saturated carbocycles. The lowest BCUT2D eigenvalue weighted by molar-refractivity contribution is 0.0229. The third kappa shape index (κ3) is 3.63. The molecule has 1 heterocycles. The fraction of sp³-hybridized carbons (Fsp3) is 0.889. The zero-order chi connectivity index (χ0) is 17.0. The van der Waals surface area contributed by atoms with Gasteiger partial charge in [0.05, 0.1) is 4.11 Å². The summed E-state index contributed by atoms with van der Waals surface area (Å²) in [5, 5.41) is -0.265. The van der Waals surface area contributed by atoms with Gasteiger partial charge in [-0.15, -0.1) is 0 Å². The lowest BCUT2D eigenvalue weighted by Crippen LogP contribution is -2.48. The molecule has 0 aromatic carbocycles. The summed E-state index contributed by atoms with van der Waals surface area (Å²) in [4.78, 5) is 12.1. The van der Waals surface area contributed by atoms with Crippen LogP contribution >= 0.6 is 0 Å². The van der Waals surface area contributed by atoms with E-state index in [1.165, 1.54) is 20.8 Å². The molecule has 1 aliphatic heterocycles. The quantitative estimate of drug-likeness (QED) is 0.621. The van der Waals surface area contributed by atoms with E-state index in [1.807, 2.05) is 0 Å². The Morgan fingerprint density at radius 3 is 2.92 bits per heavy atom. The molecule has 0 radical (unpaired) electrons. The predicted octanol–water partition coefficient (Wildman–Crippen LogP) is 0.827. The Morgan fingerprint density at radius 2 is 2.31 bits per heavy atom. The number of rotatable bonds is 0. The molecule has 0 aliphatic carbocycles. The Labute approximate surface area is 90.5 Å². The second-order valence-corrected chi connectivity index (χ2v) is 3.44. The molecule has 1 amide bonds. The van der Waals surface area contributed by atoms with E-state index in [9.17, 15) is 4.79 Å². The molecule has 0 bridgehead atoms. The van der Waals surface area contributed by atoms with E-state index in [0.717, 1.165) is 0 Å². The summed E-state index contributed by atoms with van der Waals surface area (Å²) in [7, 11) is 0. The predicted molar refractivity (Wildman–Crippen MR) is 50.7 cm³/mol. The molecule has 1 atom stereocenters. The van der Waals surface area contributed by atoms with E-state index in [1.54, 1.807) is 0 Å². The van der Waals surface area contributed by atoms with E-state index in [0.29, 0.717) is 0 Å². The van der Waals surface area contributed by atoms with Crippen LogP contribution < -0.4 is 5.31 Å². The monoisotopic (exact) mass is 194 g/mol. The van der Waals surface area contributed by atoms with Crippen molar-refractivity contribution in [2.24, 2.45) is 0 Å². The first-order valence-corrected chi connectivity index (χ1v) is 3.80. The van der Waals surface area contributed by atoms with E-state index < -0.39 is 37.7 Å². The van der Waals surface area contributed by atoms with Crippen LogP contribution in [0.2, 0.25) is 1.41 Å². The maximum absolute atomic E-state index is 12.1. The zero-order valence-corrected chi connectivity index (χ0v) is 7.79. The first-order valence-electron chi connectivity index (χ1n) is 7.83. The van der Waals surface area contributed by atoms with Crippen LogP contribution in [0, 0.1) is 0 Å². The fourth-order valence-electron chi connectivity index (χ4n) is 0.639. The van der Waals surface area contributed by atoms with Crippen molar-refractivity contribution in [3.05, 3.63) is 0 Å². The fourth-order valence-corrected chi connectivity index (χ4v) is 0.639. The highest BCUT2D eigenvalue weighted by Crippen LogP contribution is 2.09. The molecule has 0 aromatic heterocycles. The molecule has 4 heteroatoms. The van der Waals surface area contributed by atoms with Crippen LogP contribution in [0.3, 0.4) is 0 Å². The van der Waals surface area contributed by atoms with Crippen molar-refractivity contribution < 1.29 is 20.5 Å². The van der Waals surface area contributed by atoms with Crippen LogP contribution in [0.1, 0.15) is 30.4 Å². The normalized spacial score (nSPS) is 46.4. The topological polar surface area (TPSA) is 41.6 Å². The summed E-state index contributed by atoms with van der Waals surface area (Å²) in [6.07, 6.45) is -1.35. The van der Waals surface area contributed by atoms with E-state index in [4.69, 9.17) is 15.7 Å². The van der Waals surface area contributed by atoms with E-state index in [-0.39, 0.29) is 10.2 Å². The summed E-state index contributed by atoms with van der Waals surface area (Å²) in [6.45, 7) is -6.84. The number of nitrogens with zero attached hydrogens (tertiary/aromatic N) is 1. The Hall–Kier alpha value is -0.770. The average molecular weight is 194 g/mol. The second kappa shape index (κ2) is 3.96. The van der Waals surface area contributed by atoms with Crippen molar-refractivity contribution in [2.75, 3.05) is 26.0 Å². The van der Waals surface area contributed by atoms with Crippen LogP contribution in [-0.2, 0) is 4.74 Å². The summed E-state index contributed by atoms with van der Waals surface area (Å²) in [5.74, 6) is 0. The maximum atomic E-state index is 12.1. The highest BCUT2D eigenvalue weighted by atomic mass is 16.6. The number of carbonyl (C=O) groups excluding carboxylic acids is 1. The molecule has 1 unspecified atom stereocenters. The van der Waals surface area contributed by atoms with Gasteiger partial charge in [-0.2, -0.15) is 0 Å². The van der Waals surface area contributed by atoms with Crippen molar-refractivity contribution in [1.29, 1.82) is 0 Å². The van der Waals surface area contributed by atoms with Gasteiger partial charge in [-0.05, 0) is 20.8 Å². The van der Waals surface area contributed by atoms with Gasteiger partial charge in [0.25, 0.3) is 0 Å². The second-order valence-electron chi connectivity index (χ2n) is 3.44. The van der Waals surface area contributed by atoms with Gasteiger partial charge in [-0.25, -0.2) is 4.79 Å². The van der Waals surface area contributed by atoms with Crippen LogP contribution in [0.4, 0.5) is 4.79 Å². The Morgan fingerprint density at radius 1 is 1.62 bits per heavy atom. The van der Waals surface area contributed by atoms with E-state index in [2.05, 4.69) is 0 Å². The van der Waals surface area contributed by atoms with Crippen molar-refractivity contribution in [2.45, 2.75) is 26.4 Å². The van der Waals surface area contributed by atoms with Crippen LogP contribution in [-0.4, -0.2) is 42.6 Å². The Bertz CT molecular complexity index is 436. The number of hydrogen-bond donors (Lipinski definition) is 1. The van der Waals surface area contributed by atoms with Gasteiger partial charge in [0.1, 0.15) is 7.01 Å². The minimum Gasteiger partial charge on any atom is -0.444 e. The molecule has 1 rings (SSSR count). The molecular formula is C9H18N2O2. The molecule has 0 aromatic rings. The molecule has 13 heavy (non-hydrogen) atoms. The SMILES string of the molecule is [2H]C1N(C(=O)OC(C)(C)C)C([2H])([2H])C([2H])([2H])N([2H])C1([2H])[2H]. The van der Waals surface area contributed by atoms with Crippen molar-refractivity contribution in [1.82, 2.24) is 10.2 Å². The lowest BCUT2D eigenvalue weighted by atomic mass is 10.2. The van der Waals surface area contributed by atoms with Gasteiger partial charge >= 0.3 is 6.09 Å². The van der Waals surface area contributed by atoms with E-state index >= 15 is 0 Å². The molecule has 1 N–H and O–H groups in total. The third-order valence-corrected chi connectivity index (χ3v) is 1.07. The summed E-state index contributed by atoms with van der Waals surface area (Å²) in [5.41, 5.74) is -1.02. The van der Waals surface area contributed by atoms with Crippen molar-refractivity contribution in [3.63, 3.8) is 0 Å². The Kier molecular flexibility index (Phi) is 1.15. The highest BCUT2D eigenvalue weighted by Gasteiger charge is 2.22. The molecular weight excluding hydrogens is 168 g/mol. The minimum absolute atomic E-state index is 0.0588. The largest absolute Gasteiger partial charge is 0.444 e. The first-order chi connectivity index (χ1) is 9.07. The molecule has 1 fully saturated rings. The molecule has 1 aliphatic rings. The molecule has 4 nitrogen and oxygen atoms in total. The van der Waals surface area contributed by atoms with Gasteiger partial charge in [0, 0.05) is 31.5 Å². The molecule has 1 saturated heterocycles. The zero-order valence-electron chi connectivity index (χ0n) is 15.8. The Balaban J connectivity index is 3.31. The standard InChI is InChI=1S/C9H18N2O2/c1-9(2,3)13-8(12)11-6-4-10-5-7-11/h10H,4-7H2,1-3H3/i4D2,5D2,6D,7D2/hD. The summed E-state index contributed by atoms with van der Waals surface area (Å²) in [6, 6.07) is 0. The number of piperazine rings is 1. The van der Waals surface area contributed by atoms with Gasteiger partial charge in [-0.3, -0.25) is 0 Å². The van der Waals surface area contributed by atoms with Gasteiger partial charge in [0.2, 0.25) is 0 Å². The van der Waals surface area contributed by atoms with Gasteiger partial charge in [-0.1, -0.05) is 0 Å². The van der Waals surface area contributed by atoms with Crippen LogP contribution in [0.5, 0.6) is 0 Å². The number of ether oxygens (including phenoxy) is 1. The number of amides is 1. The van der Waals surface area contributed by atoms with Gasteiger partial charge in [0.15, 0.2) is 0 Å². The number of nitrogens with one attached hydrogen (secondary N) is 1. The van der Waals surface area contributed by atoms with Gasteiger partial charge < -0.3 is 14.9 Å². The van der Waals surface area contributed by atoms with Crippen LogP contribution in [0.15, 0.2) is 0 Å². The average Bonchev–Trinajstić information content (AvgIpc) is 2.23. The van der Waals surface area contributed by atoms with Crippen LogP contribution in [0.25, 0.3) is 0 Å². The van der Waals surface area contributed by atoms with Crippen molar-refractivity contribution in [3.8, 4) is 0 Å². The highest BCUT2D eigenvalue weighted by molar-refractivity contribution is 5.68. The van der Waals surface area contributed by atoms with Crippen molar-refractivity contribution >= 4 is 6.09 Å². The number of carbonyl (C=O) groups is 1. The smallest absolute Gasteiger partial charge is 0.410 e. The molecule has 0 spiro atoms. The lowest BCUT2D eigenvalue weighted by Gasteiger charge is -2.30.